The first kappa shape index (κ1) is 10.9. The van der Waals surface area contributed by atoms with E-state index in [1.807, 2.05) is 0 Å². The van der Waals surface area contributed by atoms with Crippen LogP contribution in [0.2, 0.25) is 5.02 Å². The van der Waals surface area contributed by atoms with Crippen LogP contribution < -0.4 is 11.1 Å². The zero-order valence-electron chi connectivity index (χ0n) is 7.70. The summed E-state index contributed by atoms with van der Waals surface area (Å²) in [6, 6.07) is -0.103. The third kappa shape index (κ3) is 2.65. The van der Waals surface area contributed by atoms with Crippen molar-refractivity contribution in [3.05, 3.63) is 23.2 Å². The third-order valence-electron chi connectivity index (χ3n) is 1.61. The molecule has 6 heteroatoms. The summed E-state index contributed by atoms with van der Waals surface area (Å²) in [4.78, 5) is 18.9. The van der Waals surface area contributed by atoms with Gasteiger partial charge in [-0.15, -0.1) is 0 Å². The maximum absolute atomic E-state index is 11.5. The molecule has 1 aromatic heterocycles. The molecule has 0 unspecified atom stereocenters. The Morgan fingerprint density at radius 2 is 2.50 bits per heavy atom. The number of nitrogens with two attached hydrogens (primary N) is 1. The Labute approximate surface area is 86.7 Å². The molecule has 0 saturated heterocycles. The van der Waals surface area contributed by atoms with Crippen molar-refractivity contribution >= 4 is 17.5 Å². The van der Waals surface area contributed by atoms with E-state index in [0.29, 0.717) is 6.54 Å². The van der Waals surface area contributed by atoms with E-state index in [2.05, 4.69) is 15.3 Å². The average molecular weight is 215 g/mol. The smallest absolute Gasteiger partial charge is 0.271 e. The van der Waals surface area contributed by atoms with E-state index in [-0.39, 0.29) is 22.7 Å². The van der Waals surface area contributed by atoms with Crippen LogP contribution in [-0.2, 0) is 0 Å². The molecule has 1 amide bonds. The lowest BCUT2D eigenvalue weighted by Crippen LogP contribution is -2.38. The topological polar surface area (TPSA) is 80.9 Å². The summed E-state index contributed by atoms with van der Waals surface area (Å²) in [5.41, 5.74) is 5.52. The van der Waals surface area contributed by atoms with Crippen molar-refractivity contribution in [3.63, 3.8) is 0 Å². The van der Waals surface area contributed by atoms with Crippen LogP contribution in [0.15, 0.2) is 12.5 Å². The standard InChI is InChI=1S/C8H11ClN4O/c1-5(2-10)13-8(14)7-6(9)3-11-4-12-7/h3-5H,2,10H2,1H3,(H,13,14)/t5-/m0/s1. The van der Waals surface area contributed by atoms with Gasteiger partial charge in [-0.2, -0.15) is 0 Å². The zero-order valence-corrected chi connectivity index (χ0v) is 8.45. The number of hydrogen-bond acceptors (Lipinski definition) is 4. The van der Waals surface area contributed by atoms with Gasteiger partial charge in [0.15, 0.2) is 0 Å². The first-order valence-electron chi connectivity index (χ1n) is 4.11. The van der Waals surface area contributed by atoms with Crippen molar-refractivity contribution in [1.82, 2.24) is 15.3 Å². The van der Waals surface area contributed by atoms with Gasteiger partial charge < -0.3 is 11.1 Å². The first-order chi connectivity index (χ1) is 6.65. The molecule has 0 aliphatic rings. The highest BCUT2D eigenvalue weighted by Crippen LogP contribution is 2.10. The maximum Gasteiger partial charge on any atom is 0.271 e. The molecule has 0 bridgehead atoms. The maximum atomic E-state index is 11.5. The van der Waals surface area contributed by atoms with Crippen LogP contribution in [-0.4, -0.2) is 28.5 Å². The molecule has 0 aliphatic heterocycles. The van der Waals surface area contributed by atoms with Gasteiger partial charge in [-0.3, -0.25) is 4.79 Å². The lowest BCUT2D eigenvalue weighted by Gasteiger charge is -2.10. The van der Waals surface area contributed by atoms with Gasteiger partial charge in [-0.1, -0.05) is 11.6 Å². The van der Waals surface area contributed by atoms with Gasteiger partial charge >= 0.3 is 0 Å². The highest BCUT2D eigenvalue weighted by Gasteiger charge is 2.13. The van der Waals surface area contributed by atoms with Crippen molar-refractivity contribution in [2.45, 2.75) is 13.0 Å². The third-order valence-corrected chi connectivity index (χ3v) is 1.89. The second-order valence-corrected chi connectivity index (χ2v) is 3.24. The number of hydrogen-bond donors (Lipinski definition) is 2. The predicted molar refractivity (Wildman–Crippen MR) is 53.0 cm³/mol. The number of amides is 1. The Kier molecular flexibility index (Phi) is 3.79. The van der Waals surface area contributed by atoms with Crippen LogP contribution in [0.1, 0.15) is 17.4 Å². The van der Waals surface area contributed by atoms with E-state index in [0.717, 1.165) is 0 Å². The van der Waals surface area contributed by atoms with E-state index in [1.165, 1.54) is 12.5 Å². The Bertz CT molecular complexity index is 331. The molecular formula is C8H11ClN4O. The number of carbonyl (C=O) groups excluding carboxylic acids is 1. The van der Waals surface area contributed by atoms with Gasteiger partial charge in [0.1, 0.15) is 12.0 Å². The van der Waals surface area contributed by atoms with Crippen LogP contribution in [0.3, 0.4) is 0 Å². The molecule has 1 rings (SSSR count). The van der Waals surface area contributed by atoms with Crippen LogP contribution in [0.5, 0.6) is 0 Å². The number of nitrogens with one attached hydrogen (secondary N) is 1. The summed E-state index contributed by atoms with van der Waals surface area (Å²) >= 11 is 5.73. The molecule has 0 aliphatic carbocycles. The summed E-state index contributed by atoms with van der Waals surface area (Å²) in [6.07, 6.45) is 2.64. The molecule has 1 heterocycles. The van der Waals surface area contributed by atoms with Crippen LogP contribution in [0.4, 0.5) is 0 Å². The van der Waals surface area contributed by atoms with Crippen LogP contribution in [0.25, 0.3) is 0 Å². The van der Waals surface area contributed by atoms with Crippen molar-refractivity contribution in [3.8, 4) is 0 Å². The van der Waals surface area contributed by atoms with Gasteiger partial charge in [0.2, 0.25) is 0 Å². The van der Waals surface area contributed by atoms with Gasteiger partial charge in [0.05, 0.1) is 5.02 Å². The highest BCUT2D eigenvalue weighted by atomic mass is 35.5. The van der Waals surface area contributed by atoms with Crippen molar-refractivity contribution in [1.29, 1.82) is 0 Å². The molecule has 0 fully saturated rings. The molecule has 0 aromatic carbocycles. The first-order valence-corrected chi connectivity index (χ1v) is 4.49. The Balaban J connectivity index is 2.75. The summed E-state index contributed by atoms with van der Waals surface area (Å²) in [7, 11) is 0. The molecule has 0 saturated carbocycles. The Hall–Kier alpha value is -1.20. The SMILES string of the molecule is C[C@@H](CN)NC(=O)c1ncncc1Cl. The molecule has 14 heavy (non-hydrogen) atoms. The Morgan fingerprint density at radius 3 is 3.07 bits per heavy atom. The summed E-state index contributed by atoms with van der Waals surface area (Å²) in [5.74, 6) is -0.338. The number of rotatable bonds is 3. The second kappa shape index (κ2) is 4.88. The largest absolute Gasteiger partial charge is 0.347 e. The van der Waals surface area contributed by atoms with Crippen molar-refractivity contribution < 1.29 is 4.79 Å². The second-order valence-electron chi connectivity index (χ2n) is 2.83. The van der Waals surface area contributed by atoms with Crippen LogP contribution >= 0.6 is 11.6 Å². The van der Waals surface area contributed by atoms with E-state index >= 15 is 0 Å². The molecule has 1 atom stereocenters. The summed E-state index contributed by atoms with van der Waals surface area (Å²) in [5, 5.41) is 2.88. The lowest BCUT2D eigenvalue weighted by molar-refractivity contribution is 0.0936. The predicted octanol–water partition coefficient (Wildman–Crippen LogP) is 0.207. The van der Waals surface area contributed by atoms with Crippen LogP contribution in [0, 0.1) is 0 Å². The fourth-order valence-electron chi connectivity index (χ4n) is 0.831. The fourth-order valence-corrected chi connectivity index (χ4v) is 1.02. The number of nitrogens with zero attached hydrogens (tertiary/aromatic N) is 2. The van der Waals surface area contributed by atoms with Crippen molar-refractivity contribution in [2.24, 2.45) is 5.73 Å². The van der Waals surface area contributed by atoms with E-state index in [4.69, 9.17) is 17.3 Å². The van der Waals surface area contributed by atoms with Gasteiger partial charge in [-0.25, -0.2) is 9.97 Å². The minimum Gasteiger partial charge on any atom is -0.347 e. The van der Waals surface area contributed by atoms with E-state index in [1.54, 1.807) is 6.92 Å². The normalized spacial score (nSPS) is 12.2. The monoisotopic (exact) mass is 214 g/mol. The summed E-state index contributed by atoms with van der Waals surface area (Å²) in [6.45, 7) is 2.17. The molecule has 1 aromatic rings. The van der Waals surface area contributed by atoms with E-state index < -0.39 is 0 Å². The lowest BCUT2D eigenvalue weighted by atomic mass is 10.3. The minimum absolute atomic E-state index is 0.103. The number of carbonyl (C=O) groups is 1. The minimum atomic E-state index is -0.338. The summed E-state index contributed by atoms with van der Waals surface area (Å²) < 4.78 is 0. The molecule has 76 valence electrons. The van der Waals surface area contributed by atoms with Crippen molar-refractivity contribution in [2.75, 3.05) is 6.54 Å². The number of aromatic nitrogens is 2. The molecule has 0 spiro atoms. The average Bonchev–Trinajstić information content (AvgIpc) is 2.18. The van der Waals surface area contributed by atoms with Gasteiger partial charge in [-0.05, 0) is 6.92 Å². The quantitative estimate of drug-likeness (QED) is 0.754. The fraction of sp³-hybridized carbons (Fsp3) is 0.375. The van der Waals surface area contributed by atoms with Gasteiger partial charge in [0, 0.05) is 18.8 Å². The van der Waals surface area contributed by atoms with E-state index in [9.17, 15) is 4.79 Å². The Morgan fingerprint density at radius 1 is 1.79 bits per heavy atom. The molecule has 5 nitrogen and oxygen atoms in total. The number of halogens is 1. The highest BCUT2D eigenvalue weighted by molar-refractivity contribution is 6.33. The van der Waals surface area contributed by atoms with Gasteiger partial charge in [0.25, 0.3) is 5.91 Å². The molecular weight excluding hydrogens is 204 g/mol. The zero-order chi connectivity index (χ0) is 10.6. The molecule has 3 N–H and O–H groups in total. The molecule has 0 radical (unpaired) electrons.